The largest absolute Gasteiger partial charge is 0.362 e. The summed E-state index contributed by atoms with van der Waals surface area (Å²) in [4.78, 5) is 23.4. The van der Waals surface area contributed by atoms with Crippen LogP contribution in [-0.2, 0) is 20.7 Å². The molecule has 0 bridgehead atoms. The van der Waals surface area contributed by atoms with Gasteiger partial charge in [0.25, 0.3) is 0 Å². The van der Waals surface area contributed by atoms with E-state index in [1.54, 1.807) is 0 Å². The third-order valence-electron chi connectivity index (χ3n) is 3.38. The van der Waals surface area contributed by atoms with Crippen LogP contribution in [0.2, 0.25) is 0 Å². The van der Waals surface area contributed by atoms with E-state index in [0.29, 0.717) is 12.2 Å². The number of benzene rings is 2. The Hall–Kier alpha value is -2.66. The highest BCUT2D eigenvalue weighted by Crippen LogP contribution is 2.08. The zero-order valence-electron chi connectivity index (χ0n) is 13.7. The van der Waals surface area contributed by atoms with Crippen molar-refractivity contribution in [3.05, 3.63) is 65.7 Å². The van der Waals surface area contributed by atoms with Crippen LogP contribution < -0.4 is 10.6 Å². The van der Waals surface area contributed by atoms with Gasteiger partial charge in [-0.25, -0.2) is 0 Å². The van der Waals surface area contributed by atoms with Gasteiger partial charge in [-0.2, -0.15) is 0 Å². The molecule has 0 aliphatic rings. The van der Waals surface area contributed by atoms with Crippen molar-refractivity contribution in [3.8, 4) is 0 Å². The highest BCUT2D eigenvalue weighted by Gasteiger charge is 2.05. The average molecular weight is 326 g/mol. The van der Waals surface area contributed by atoms with Crippen molar-refractivity contribution in [2.24, 2.45) is 0 Å². The number of rotatable bonds is 8. The molecule has 2 amide bonds. The highest BCUT2D eigenvalue weighted by molar-refractivity contribution is 5.91. The Morgan fingerprint density at radius 1 is 0.917 bits per heavy atom. The first kappa shape index (κ1) is 17.7. The Bertz CT molecular complexity index is 654. The van der Waals surface area contributed by atoms with E-state index in [2.05, 4.69) is 10.6 Å². The van der Waals surface area contributed by atoms with Gasteiger partial charge in [0.15, 0.2) is 0 Å². The number of aryl methyl sites for hydroxylation is 1. The third-order valence-corrected chi connectivity index (χ3v) is 3.38. The molecule has 2 aromatic rings. The fraction of sp³-hybridized carbons (Fsp3) is 0.263. The second-order valence-corrected chi connectivity index (χ2v) is 5.49. The van der Waals surface area contributed by atoms with Crippen LogP contribution in [0.15, 0.2) is 54.6 Å². The molecule has 0 radical (unpaired) electrons. The van der Waals surface area contributed by atoms with E-state index >= 15 is 0 Å². The molecule has 2 rings (SSSR count). The van der Waals surface area contributed by atoms with Crippen molar-refractivity contribution in [3.63, 3.8) is 0 Å². The molecule has 2 N–H and O–H groups in total. The Kier molecular flexibility index (Phi) is 6.98. The molecule has 0 atom stereocenters. The molecular formula is C19H22N2O3. The van der Waals surface area contributed by atoms with Crippen molar-refractivity contribution >= 4 is 17.5 Å². The van der Waals surface area contributed by atoms with Crippen molar-refractivity contribution in [1.29, 1.82) is 0 Å². The van der Waals surface area contributed by atoms with Gasteiger partial charge in [-0.1, -0.05) is 48.0 Å². The summed E-state index contributed by atoms with van der Waals surface area (Å²) in [6.45, 7) is 2.24. The number of hydrogen-bond donors (Lipinski definition) is 2. The summed E-state index contributed by atoms with van der Waals surface area (Å²) in [5.41, 5.74) is 2.99. The Morgan fingerprint density at radius 3 is 2.29 bits per heavy atom. The standard InChI is InChI=1S/C19H22N2O3/c1-15-7-9-17(10-8-15)21-19(23)14-24-13-18(22)20-12-11-16-5-3-2-4-6-16/h2-10H,11-14H2,1H3,(H,20,22)(H,21,23). The van der Waals surface area contributed by atoms with Crippen LogP contribution in [-0.4, -0.2) is 31.6 Å². The third kappa shape index (κ3) is 6.62. The van der Waals surface area contributed by atoms with Crippen LogP contribution in [0.4, 0.5) is 5.69 Å². The number of ether oxygens (including phenoxy) is 1. The van der Waals surface area contributed by atoms with Gasteiger partial charge in [0.1, 0.15) is 13.2 Å². The first-order valence-corrected chi connectivity index (χ1v) is 7.88. The minimum absolute atomic E-state index is 0.129. The summed E-state index contributed by atoms with van der Waals surface area (Å²) in [6, 6.07) is 17.4. The number of carbonyl (C=O) groups is 2. The summed E-state index contributed by atoms with van der Waals surface area (Å²) in [5, 5.41) is 5.48. The molecule has 0 spiro atoms. The van der Waals surface area contributed by atoms with Crippen molar-refractivity contribution in [2.75, 3.05) is 25.1 Å². The van der Waals surface area contributed by atoms with E-state index in [0.717, 1.165) is 17.5 Å². The lowest BCUT2D eigenvalue weighted by Gasteiger charge is -2.07. The van der Waals surface area contributed by atoms with Crippen LogP contribution in [0.1, 0.15) is 11.1 Å². The van der Waals surface area contributed by atoms with E-state index < -0.39 is 0 Å². The quantitative estimate of drug-likeness (QED) is 0.782. The molecule has 0 heterocycles. The predicted octanol–water partition coefficient (Wildman–Crippen LogP) is 2.31. The maximum atomic E-state index is 11.7. The SMILES string of the molecule is Cc1ccc(NC(=O)COCC(=O)NCCc2ccccc2)cc1. The fourth-order valence-electron chi connectivity index (χ4n) is 2.11. The molecule has 5 heteroatoms. The second kappa shape index (κ2) is 9.47. The molecule has 0 aliphatic carbocycles. The zero-order chi connectivity index (χ0) is 17.2. The summed E-state index contributed by atoms with van der Waals surface area (Å²) >= 11 is 0. The van der Waals surface area contributed by atoms with E-state index in [9.17, 15) is 9.59 Å². The predicted molar refractivity (Wildman–Crippen MR) is 93.8 cm³/mol. The molecule has 0 unspecified atom stereocenters. The van der Waals surface area contributed by atoms with E-state index in [1.165, 1.54) is 0 Å². The van der Waals surface area contributed by atoms with Crippen LogP contribution in [0.3, 0.4) is 0 Å². The van der Waals surface area contributed by atoms with Gasteiger partial charge in [0, 0.05) is 12.2 Å². The topological polar surface area (TPSA) is 67.4 Å². The van der Waals surface area contributed by atoms with Crippen LogP contribution in [0.25, 0.3) is 0 Å². The monoisotopic (exact) mass is 326 g/mol. The zero-order valence-corrected chi connectivity index (χ0v) is 13.7. The maximum absolute atomic E-state index is 11.7. The molecule has 24 heavy (non-hydrogen) atoms. The molecule has 0 saturated carbocycles. The Balaban J connectivity index is 1.58. The normalized spacial score (nSPS) is 10.2. The molecule has 5 nitrogen and oxygen atoms in total. The van der Waals surface area contributed by atoms with Crippen LogP contribution in [0.5, 0.6) is 0 Å². The second-order valence-electron chi connectivity index (χ2n) is 5.49. The van der Waals surface area contributed by atoms with Crippen LogP contribution in [0, 0.1) is 6.92 Å². The number of anilines is 1. The molecule has 126 valence electrons. The Morgan fingerprint density at radius 2 is 1.58 bits per heavy atom. The molecular weight excluding hydrogens is 304 g/mol. The van der Waals surface area contributed by atoms with Gasteiger partial charge in [0.2, 0.25) is 11.8 Å². The molecule has 2 aromatic carbocycles. The first-order valence-electron chi connectivity index (χ1n) is 7.88. The smallest absolute Gasteiger partial charge is 0.250 e. The summed E-state index contributed by atoms with van der Waals surface area (Å²) in [6.07, 6.45) is 0.764. The summed E-state index contributed by atoms with van der Waals surface area (Å²) in [5.74, 6) is -0.509. The lowest BCUT2D eigenvalue weighted by Crippen LogP contribution is -2.31. The molecule has 0 aromatic heterocycles. The van der Waals surface area contributed by atoms with Gasteiger partial charge < -0.3 is 15.4 Å². The molecule has 0 aliphatic heterocycles. The highest BCUT2D eigenvalue weighted by atomic mass is 16.5. The van der Waals surface area contributed by atoms with Gasteiger partial charge >= 0.3 is 0 Å². The molecule has 0 fully saturated rings. The lowest BCUT2D eigenvalue weighted by molar-refractivity contribution is -0.128. The van der Waals surface area contributed by atoms with Gasteiger partial charge in [-0.15, -0.1) is 0 Å². The van der Waals surface area contributed by atoms with E-state index in [4.69, 9.17) is 4.74 Å². The minimum atomic E-state index is -0.282. The number of nitrogens with one attached hydrogen (secondary N) is 2. The van der Waals surface area contributed by atoms with Crippen molar-refractivity contribution in [1.82, 2.24) is 5.32 Å². The number of amides is 2. The number of hydrogen-bond acceptors (Lipinski definition) is 3. The van der Waals surface area contributed by atoms with Gasteiger partial charge in [0.05, 0.1) is 0 Å². The van der Waals surface area contributed by atoms with Crippen molar-refractivity contribution in [2.45, 2.75) is 13.3 Å². The van der Waals surface area contributed by atoms with Crippen LogP contribution >= 0.6 is 0 Å². The fourth-order valence-corrected chi connectivity index (χ4v) is 2.11. The first-order chi connectivity index (χ1) is 11.6. The van der Waals surface area contributed by atoms with Crippen molar-refractivity contribution < 1.29 is 14.3 Å². The van der Waals surface area contributed by atoms with E-state index in [1.807, 2.05) is 61.5 Å². The summed E-state index contributed by atoms with van der Waals surface area (Å²) in [7, 11) is 0. The average Bonchev–Trinajstić information content (AvgIpc) is 2.58. The molecule has 0 saturated heterocycles. The van der Waals surface area contributed by atoms with E-state index in [-0.39, 0.29) is 25.0 Å². The van der Waals surface area contributed by atoms with Gasteiger partial charge in [-0.05, 0) is 31.0 Å². The number of carbonyl (C=O) groups excluding carboxylic acids is 2. The Labute approximate surface area is 142 Å². The lowest BCUT2D eigenvalue weighted by atomic mass is 10.1. The summed E-state index contributed by atoms with van der Waals surface area (Å²) < 4.78 is 5.13. The maximum Gasteiger partial charge on any atom is 0.250 e. The van der Waals surface area contributed by atoms with Gasteiger partial charge in [-0.3, -0.25) is 9.59 Å². The minimum Gasteiger partial charge on any atom is -0.362 e.